The zero-order valence-corrected chi connectivity index (χ0v) is 9.52. The van der Waals surface area contributed by atoms with E-state index < -0.39 is 0 Å². The van der Waals surface area contributed by atoms with Crippen molar-refractivity contribution in [3.05, 3.63) is 22.7 Å². The number of hydrogen-bond donors (Lipinski definition) is 2. The summed E-state index contributed by atoms with van der Waals surface area (Å²) in [5, 5.41) is 13.1. The fourth-order valence-corrected chi connectivity index (χ4v) is 1.92. The number of nitrogens with one attached hydrogen (secondary N) is 1. The van der Waals surface area contributed by atoms with E-state index in [1.54, 1.807) is 12.1 Å². The minimum absolute atomic E-state index is 0.200. The van der Waals surface area contributed by atoms with Crippen molar-refractivity contribution in [2.75, 3.05) is 12.4 Å². The van der Waals surface area contributed by atoms with E-state index in [0.717, 1.165) is 17.7 Å². The van der Waals surface area contributed by atoms with E-state index in [1.165, 1.54) is 0 Å². The lowest BCUT2D eigenvalue weighted by atomic mass is 9.96. The van der Waals surface area contributed by atoms with Gasteiger partial charge in [0, 0.05) is 23.8 Å². The molecule has 0 radical (unpaired) electrons. The highest BCUT2D eigenvalue weighted by Gasteiger charge is 2.13. The maximum absolute atomic E-state index is 9.38. The van der Waals surface area contributed by atoms with Gasteiger partial charge < -0.3 is 10.4 Å². The van der Waals surface area contributed by atoms with Gasteiger partial charge in [0.05, 0.1) is 0 Å². The first-order valence-electron chi connectivity index (χ1n) is 4.80. The van der Waals surface area contributed by atoms with Gasteiger partial charge in [-0.25, -0.2) is 0 Å². The number of phenols is 1. The van der Waals surface area contributed by atoms with E-state index in [-0.39, 0.29) is 5.75 Å². The fourth-order valence-electron chi connectivity index (χ4n) is 1.52. The van der Waals surface area contributed by atoms with Crippen molar-refractivity contribution in [2.45, 2.75) is 26.2 Å². The van der Waals surface area contributed by atoms with E-state index in [2.05, 4.69) is 19.2 Å². The second-order valence-corrected chi connectivity index (χ2v) is 3.86. The van der Waals surface area contributed by atoms with Crippen molar-refractivity contribution in [1.82, 2.24) is 0 Å². The molecule has 0 aromatic heterocycles. The molecule has 0 aliphatic heterocycles. The van der Waals surface area contributed by atoms with E-state index in [0.29, 0.717) is 10.9 Å². The largest absolute Gasteiger partial charge is 0.508 e. The van der Waals surface area contributed by atoms with Crippen molar-refractivity contribution in [3.63, 3.8) is 0 Å². The molecule has 0 fully saturated rings. The lowest BCUT2D eigenvalue weighted by molar-refractivity contribution is 0.475. The first kappa shape index (κ1) is 11.2. The molecular formula is C11H16ClNO. The number of aromatic hydroxyl groups is 1. The van der Waals surface area contributed by atoms with Gasteiger partial charge in [-0.2, -0.15) is 0 Å². The van der Waals surface area contributed by atoms with Crippen LogP contribution < -0.4 is 5.32 Å². The minimum Gasteiger partial charge on any atom is -0.508 e. The van der Waals surface area contributed by atoms with E-state index >= 15 is 0 Å². The predicted molar refractivity (Wildman–Crippen MR) is 61.4 cm³/mol. The Morgan fingerprint density at radius 1 is 1.50 bits per heavy atom. The Morgan fingerprint density at radius 2 is 2.14 bits per heavy atom. The van der Waals surface area contributed by atoms with Gasteiger partial charge in [-0.3, -0.25) is 0 Å². The zero-order valence-electron chi connectivity index (χ0n) is 8.76. The van der Waals surface area contributed by atoms with Crippen LogP contribution in [0.25, 0.3) is 0 Å². The highest BCUT2D eigenvalue weighted by molar-refractivity contribution is 6.32. The molecule has 0 aliphatic carbocycles. The lowest BCUT2D eigenvalue weighted by Crippen LogP contribution is -2.00. The lowest BCUT2D eigenvalue weighted by Gasteiger charge is -2.16. The van der Waals surface area contributed by atoms with Gasteiger partial charge in [-0.15, -0.1) is 0 Å². The number of halogens is 1. The van der Waals surface area contributed by atoms with Crippen LogP contribution >= 0.6 is 11.6 Å². The van der Waals surface area contributed by atoms with E-state index in [9.17, 15) is 5.11 Å². The highest BCUT2D eigenvalue weighted by atomic mass is 35.5. The summed E-state index contributed by atoms with van der Waals surface area (Å²) in [5.74, 6) is 0.594. The molecule has 1 atom stereocenters. The Balaban J connectivity index is 3.24. The third-order valence-electron chi connectivity index (χ3n) is 2.49. The molecule has 14 heavy (non-hydrogen) atoms. The number of hydrogen-bond acceptors (Lipinski definition) is 2. The van der Waals surface area contributed by atoms with E-state index in [4.69, 9.17) is 11.6 Å². The smallest absolute Gasteiger partial charge is 0.119 e. The maximum atomic E-state index is 9.38. The molecule has 0 heterocycles. The monoisotopic (exact) mass is 213 g/mol. The average Bonchev–Trinajstić information content (AvgIpc) is 2.15. The second-order valence-electron chi connectivity index (χ2n) is 3.45. The SMILES string of the molecule is CCC(C)c1c(Cl)cc(O)cc1NC. The molecule has 1 unspecified atom stereocenters. The average molecular weight is 214 g/mol. The third-order valence-corrected chi connectivity index (χ3v) is 2.80. The van der Waals surface area contributed by atoms with Gasteiger partial charge in [0.1, 0.15) is 5.75 Å². The van der Waals surface area contributed by atoms with Crippen LogP contribution in [0.3, 0.4) is 0 Å². The van der Waals surface area contributed by atoms with Crippen molar-refractivity contribution < 1.29 is 5.11 Å². The van der Waals surface area contributed by atoms with Gasteiger partial charge in [0.25, 0.3) is 0 Å². The van der Waals surface area contributed by atoms with Gasteiger partial charge in [-0.1, -0.05) is 25.4 Å². The van der Waals surface area contributed by atoms with Crippen molar-refractivity contribution in [1.29, 1.82) is 0 Å². The highest BCUT2D eigenvalue weighted by Crippen LogP contribution is 2.36. The third kappa shape index (κ3) is 2.13. The summed E-state index contributed by atoms with van der Waals surface area (Å²) in [5.41, 5.74) is 1.99. The van der Waals surface area contributed by atoms with Crippen molar-refractivity contribution in [3.8, 4) is 5.75 Å². The number of phenolic OH excluding ortho intramolecular Hbond substituents is 1. The Bertz CT molecular complexity index is 325. The molecule has 78 valence electrons. The summed E-state index contributed by atoms with van der Waals surface area (Å²) in [7, 11) is 1.83. The standard InChI is InChI=1S/C11H16ClNO/c1-4-7(2)11-9(12)5-8(14)6-10(11)13-3/h5-7,13-14H,4H2,1-3H3. The van der Waals surface area contributed by atoms with Crippen molar-refractivity contribution >= 4 is 17.3 Å². The summed E-state index contributed by atoms with van der Waals surface area (Å²) < 4.78 is 0. The van der Waals surface area contributed by atoms with Gasteiger partial charge in [0.2, 0.25) is 0 Å². The van der Waals surface area contributed by atoms with E-state index in [1.807, 2.05) is 7.05 Å². The number of anilines is 1. The quantitative estimate of drug-likeness (QED) is 0.804. The maximum Gasteiger partial charge on any atom is 0.119 e. The van der Waals surface area contributed by atoms with Crippen LogP contribution in [0.1, 0.15) is 31.7 Å². The fraction of sp³-hybridized carbons (Fsp3) is 0.455. The van der Waals surface area contributed by atoms with Crippen LogP contribution in [-0.2, 0) is 0 Å². The number of benzene rings is 1. The Morgan fingerprint density at radius 3 is 2.64 bits per heavy atom. The molecule has 2 N–H and O–H groups in total. The topological polar surface area (TPSA) is 32.3 Å². The van der Waals surface area contributed by atoms with Gasteiger partial charge in [0.15, 0.2) is 0 Å². The molecule has 1 aromatic rings. The first-order chi connectivity index (χ1) is 6.60. The van der Waals surface area contributed by atoms with Crippen molar-refractivity contribution in [2.24, 2.45) is 0 Å². The molecule has 0 spiro atoms. The Hall–Kier alpha value is -0.890. The molecule has 1 aromatic carbocycles. The summed E-state index contributed by atoms with van der Waals surface area (Å²) in [6.07, 6.45) is 1.03. The molecule has 0 bridgehead atoms. The summed E-state index contributed by atoms with van der Waals surface area (Å²) in [4.78, 5) is 0. The van der Waals surface area contributed by atoms with Crippen LogP contribution in [-0.4, -0.2) is 12.2 Å². The zero-order chi connectivity index (χ0) is 10.7. The van der Waals surface area contributed by atoms with Gasteiger partial charge in [-0.05, 0) is 24.0 Å². The molecule has 2 nitrogen and oxygen atoms in total. The van der Waals surface area contributed by atoms with Crippen LogP contribution in [0.5, 0.6) is 5.75 Å². The molecular weight excluding hydrogens is 198 g/mol. The minimum atomic E-state index is 0.200. The Kier molecular flexibility index (Phi) is 3.64. The predicted octanol–water partition coefficient (Wildman–Crippen LogP) is 3.60. The molecule has 3 heteroatoms. The molecule has 1 rings (SSSR count). The number of rotatable bonds is 3. The molecule has 0 saturated carbocycles. The summed E-state index contributed by atoms with van der Waals surface area (Å²) >= 11 is 6.09. The first-order valence-corrected chi connectivity index (χ1v) is 5.18. The summed E-state index contributed by atoms with van der Waals surface area (Å²) in [6.45, 7) is 4.24. The Labute approximate surface area is 89.9 Å². The second kappa shape index (κ2) is 4.56. The molecule has 0 saturated heterocycles. The van der Waals surface area contributed by atoms with Crippen LogP contribution in [0.2, 0.25) is 5.02 Å². The van der Waals surface area contributed by atoms with Crippen LogP contribution in [0, 0.1) is 0 Å². The van der Waals surface area contributed by atoms with Gasteiger partial charge >= 0.3 is 0 Å². The molecule has 0 amide bonds. The normalized spacial score (nSPS) is 12.6. The molecule has 0 aliphatic rings. The van der Waals surface area contributed by atoms with Crippen LogP contribution in [0.4, 0.5) is 5.69 Å². The summed E-state index contributed by atoms with van der Waals surface area (Å²) in [6, 6.07) is 3.29. The van der Waals surface area contributed by atoms with Crippen LogP contribution in [0.15, 0.2) is 12.1 Å².